The first-order chi connectivity index (χ1) is 18.9. The van der Waals surface area contributed by atoms with Gasteiger partial charge in [-0.15, -0.1) is 24.8 Å². The number of carbonyl (C=O) groups excluding carboxylic acids is 2. The zero-order valence-corrected chi connectivity index (χ0v) is 24.0. The molecule has 2 aliphatic heterocycles. The summed E-state index contributed by atoms with van der Waals surface area (Å²) in [6.45, 7) is 0.846. The molecule has 16 heteroatoms. The Bertz CT molecular complexity index is 1450. The number of pyridine rings is 1. The summed E-state index contributed by atoms with van der Waals surface area (Å²) >= 11 is 1.34. The average molecular weight is 656 g/mol. The molecule has 42 heavy (non-hydrogen) atoms. The number of hydrogen-bond acceptors (Lipinski definition) is 5. The molecule has 0 atom stereocenters. The minimum Gasteiger partial charge on any atom is -0.351 e. The lowest BCUT2D eigenvalue weighted by Crippen LogP contribution is -2.42. The van der Waals surface area contributed by atoms with Gasteiger partial charge < -0.3 is 10.6 Å². The number of rotatable bonds is 6. The van der Waals surface area contributed by atoms with Crippen molar-refractivity contribution in [3.05, 3.63) is 64.3 Å². The molecule has 1 saturated heterocycles. The van der Waals surface area contributed by atoms with Crippen molar-refractivity contribution < 1.29 is 35.9 Å². The van der Waals surface area contributed by atoms with Gasteiger partial charge in [0, 0.05) is 6.54 Å². The topological polar surface area (TPSA) is 78.7 Å². The van der Waals surface area contributed by atoms with Gasteiger partial charge in [-0.2, -0.15) is 26.3 Å². The lowest BCUT2D eigenvalue weighted by Gasteiger charge is -2.31. The molecule has 1 aromatic carbocycles. The molecule has 2 amide bonds. The molecule has 2 aromatic heterocycles. The van der Waals surface area contributed by atoms with Gasteiger partial charge in [0.25, 0.3) is 5.91 Å². The van der Waals surface area contributed by atoms with Gasteiger partial charge in [0.05, 0.1) is 45.2 Å². The quantitative estimate of drug-likeness (QED) is 0.313. The van der Waals surface area contributed by atoms with Crippen molar-refractivity contribution in [1.29, 1.82) is 0 Å². The predicted molar refractivity (Wildman–Crippen MR) is 151 cm³/mol. The number of amides is 2. The summed E-state index contributed by atoms with van der Waals surface area (Å²) in [7, 11) is 0. The second kappa shape index (κ2) is 13.1. The molecule has 0 radical (unpaired) electrons. The lowest BCUT2D eigenvalue weighted by molar-refractivity contribution is -0.141. The van der Waals surface area contributed by atoms with Crippen LogP contribution in [0.5, 0.6) is 0 Å². The Kier molecular flexibility index (Phi) is 10.5. The van der Waals surface area contributed by atoms with E-state index in [9.17, 15) is 35.9 Å². The Morgan fingerprint density at radius 3 is 2.19 bits per heavy atom. The molecular formula is C26H25Cl2F6N5O2S. The van der Waals surface area contributed by atoms with E-state index in [-0.39, 0.29) is 43.2 Å². The van der Waals surface area contributed by atoms with E-state index in [0.717, 1.165) is 16.4 Å². The van der Waals surface area contributed by atoms with E-state index in [1.54, 1.807) is 17.2 Å². The Balaban J connectivity index is 0.00000242. The monoisotopic (exact) mass is 655 g/mol. The number of aromatic nitrogens is 2. The molecule has 2 N–H and O–H groups in total. The van der Waals surface area contributed by atoms with Crippen LogP contribution in [0.4, 0.5) is 32.0 Å². The first kappa shape index (κ1) is 33.6. The molecule has 4 heterocycles. The molecule has 5 rings (SSSR count). The number of thioether (sulfide) groups is 1. The Hall–Kier alpha value is -2.94. The highest BCUT2D eigenvalue weighted by atomic mass is 35.5. The van der Waals surface area contributed by atoms with Crippen LogP contribution in [0, 0.1) is 5.92 Å². The Labute approximate surface area is 252 Å². The molecular weight excluding hydrogens is 631 g/mol. The van der Waals surface area contributed by atoms with Crippen molar-refractivity contribution in [3.63, 3.8) is 0 Å². The van der Waals surface area contributed by atoms with Crippen LogP contribution < -0.4 is 10.6 Å². The lowest BCUT2D eigenvalue weighted by atomic mass is 9.96. The highest BCUT2D eigenvalue weighted by Crippen LogP contribution is 2.42. The number of nitrogens with zero attached hydrogens (tertiary/aromatic N) is 3. The molecule has 0 unspecified atom stereocenters. The van der Waals surface area contributed by atoms with Crippen LogP contribution in [-0.4, -0.2) is 52.3 Å². The maximum Gasteiger partial charge on any atom is 0.418 e. The third-order valence-electron chi connectivity index (χ3n) is 6.80. The van der Waals surface area contributed by atoms with Gasteiger partial charge in [-0.3, -0.25) is 18.9 Å². The number of benzene rings is 1. The first-order valence-corrected chi connectivity index (χ1v) is 13.2. The van der Waals surface area contributed by atoms with Crippen LogP contribution >= 0.6 is 36.6 Å². The third kappa shape index (κ3) is 7.33. The van der Waals surface area contributed by atoms with Crippen LogP contribution in [0.25, 0.3) is 11.7 Å². The fourth-order valence-corrected chi connectivity index (χ4v) is 5.82. The second-order valence-electron chi connectivity index (χ2n) is 9.55. The van der Waals surface area contributed by atoms with Gasteiger partial charge in [0.2, 0.25) is 5.91 Å². The van der Waals surface area contributed by atoms with Crippen molar-refractivity contribution in [2.24, 2.45) is 5.92 Å². The largest absolute Gasteiger partial charge is 0.418 e. The number of halogens is 8. The van der Waals surface area contributed by atoms with Crippen LogP contribution in [-0.2, 0) is 21.9 Å². The van der Waals surface area contributed by atoms with Gasteiger partial charge in [-0.25, -0.2) is 4.98 Å². The average Bonchev–Trinajstić information content (AvgIpc) is 3.31. The number of nitrogens with one attached hydrogen (secondary N) is 2. The number of likely N-dealkylation sites (tertiary alicyclic amines) is 1. The van der Waals surface area contributed by atoms with Crippen molar-refractivity contribution in [3.8, 4) is 0 Å². The van der Waals surface area contributed by atoms with E-state index < -0.39 is 35.1 Å². The molecule has 3 aromatic rings. The molecule has 228 valence electrons. The number of piperidine rings is 1. The summed E-state index contributed by atoms with van der Waals surface area (Å²) in [6, 6.07) is 7.31. The highest BCUT2D eigenvalue weighted by Gasteiger charge is 2.41. The van der Waals surface area contributed by atoms with Crippen LogP contribution in [0.3, 0.4) is 0 Å². The van der Waals surface area contributed by atoms with Crippen LogP contribution in [0.15, 0.2) is 52.5 Å². The van der Waals surface area contributed by atoms with Gasteiger partial charge in [0.1, 0.15) is 5.65 Å². The SMILES string of the molecule is Cl.Cl.O=C(CN1CCC(CNC(=O)C2=Cc3cnc4cccc(n34)S2)CC1)Nc1c(C(F)(F)F)cccc1C(F)(F)F. The standard InChI is InChI=1S/C26H23F6N5O2S.2ClH/c27-25(28,29)17-3-1-4-18(26(30,31)32)23(17)35-21(38)14-36-9-7-15(8-10-36)12-34-24(39)19-11-16-13-33-20-5-2-6-22(40-19)37(16)20;;/h1-6,11,13,15H,7-10,12,14H2,(H,34,39)(H,35,38);2*1H. The number of hydrogen-bond donors (Lipinski definition) is 2. The van der Waals surface area contributed by atoms with Crippen LogP contribution in [0.1, 0.15) is 29.7 Å². The van der Waals surface area contributed by atoms with Gasteiger partial charge in [-0.1, -0.05) is 23.9 Å². The van der Waals surface area contributed by atoms with Crippen molar-refractivity contribution >= 4 is 65.8 Å². The number of alkyl halides is 6. The van der Waals surface area contributed by atoms with E-state index in [0.29, 0.717) is 55.6 Å². The van der Waals surface area contributed by atoms with Crippen molar-refractivity contribution in [1.82, 2.24) is 19.6 Å². The van der Waals surface area contributed by atoms with Gasteiger partial charge in [0.15, 0.2) is 0 Å². The molecule has 0 bridgehead atoms. The van der Waals surface area contributed by atoms with E-state index in [1.165, 1.54) is 11.8 Å². The van der Waals surface area contributed by atoms with Gasteiger partial charge >= 0.3 is 12.4 Å². The molecule has 7 nitrogen and oxygen atoms in total. The summed E-state index contributed by atoms with van der Waals surface area (Å²) in [6.07, 6.45) is -5.49. The zero-order valence-electron chi connectivity index (χ0n) is 21.6. The number of anilines is 1. The summed E-state index contributed by atoms with van der Waals surface area (Å²) < 4.78 is 82.1. The normalized spacial score (nSPS) is 15.8. The summed E-state index contributed by atoms with van der Waals surface area (Å²) in [5.41, 5.74) is -2.81. The third-order valence-corrected chi connectivity index (χ3v) is 7.85. The maximum absolute atomic E-state index is 13.4. The molecule has 0 spiro atoms. The van der Waals surface area contributed by atoms with Crippen molar-refractivity contribution in [2.45, 2.75) is 30.2 Å². The predicted octanol–water partition coefficient (Wildman–Crippen LogP) is 6.13. The van der Waals surface area contributed by atoms with E-state index in [2.05, 4.69) is 10.3 Å². The molecule has 0 saturated carbocycles. The first-order valence-electron chi connectivity index (χ1n) is 12.3. The fourth-order valence-electron chi connectivity index (χ4n) is 4.81. The fraction of sp³-hybridized carbons (Fsp3) is 0.346. The number of imidazole rings is 1. The summed E-state index contributed by atoms with van der Waals surface area (Å²) in [5.74, 6) is -1.08. The second-order valence-corrected chi connectivity index (χ2v) is 10.6. The van der Waals surface area contributed by atoms with Crippen LogP contribution in [0.2, 0.25) is 0 Å². The van der Waals surface area contributed by atoms with E-state index >= 15 is 0 Å². The highest BCUT2D eigenvalue weighted by molar-refractivity contribution is 8.04. The minimum atomic E-state index is -5.08. The van der Waals surface area contributed by atoms with Gasteiger partial charge in [-0.05, 0) is 62.2 Å². The van der Waals surface area contributed by atoms with Crippen molar-refractivity contribution in [2.75, 3.05) is 31.5 Å². The molecule has 1 fully saturated rings. The minimum absolute atomic E-state index is 0. The van der Waals surface area contributed by atoms with E-state index in [4.69, 9.17) is 0 Å². The summed E-state index contributed by atoms with van der Waals surface area (Å²) in [4.78, 5) is 31.8. The number of carbonyl (C=O) groups is 2. The smallest absolute Gasteiger partial charge is 0.351 e. The Morgan fingerprint density at radius 1 is 0.952 bits per heavy atom. The molecule has 0 aliphatic carbocycles. The Morgan fingerprint density at radius 2 is 1.57 bits per heavy atom. The maximum atomic E-state index is 13.4. The zero-order chi connectivity index (χ0) is 28.7. The molecule has 2 aliphatic rings. The number of para-hydroxylation sites is 1. The summed E-state index contributed by atoms with van der Waals surface area (Å²) in [5, 5.41) is 5.66. The van der Waals surface area contributed by atoms with E-state index in [1.807, 2.05) is 27.9 Å².